The first-order valence-corrected chi connectivity index (χ1v) is 17.8. The van der Waals surface area contributed by atoms with E-state index in [1.165, 1.54) is 30.9 Å². The van der Waals surface area contributed by atoms with E-state index in [0.717, 1.165) is 55.3 Å². The molecule has 4 aromatic heterocycles. The molecule has 5 nitrogen and oxygen atoms in total. The van der Waals surface area contributed by atoms with Crippen molar-refractivity contribution in [1.82, 2.24) is 19.5 Å². The number of furan rings is 1. The maximum Gasteiger partial charge on any atom is 0.164 e. The number of aromatic nitrogens is 4. The fraction of sp³-hybridized carbons (Fsp3) is 0. The summed E-state index contributed by atoms with van der Waals surface area (Å²) < 4.78 is 11.6. The molecule has 0 aliphatic heterocycles. The van der Waals surface area contributed by atoms with Crippen LogP contribution in [0, 0.1) is 0 Å². The number of para-hydroxylation sites is 1. The molecule has 11 rings (SSSR count). The molecule has 0 unspecified atom stereocenters. The van der Waals surface area contributed by atoms with Crippen LogP contribution < -0.4 is 0 Å². The van der Waals surface area contributed by atoms with Crippen molar-refractivity contribution < 1.29 is 4.42 Å². The molecule has 7 aromatic carbocycles. The van der Waals surface area contributed by atoms with Gasteiger partial charge in [-0.25, -0.2) is 15.0 Å². The maximum atomic E-state index is 6.63. The molecule has 0 fully saturated rings. The largest absolute Gasteiger partial charge is 0.456 e. The van der Waals surface area contributed by atoms with Crippen LogP contribution in [-0.2, 0) is 0 Å². The van der Waals surface area contributed by atoms with Crippen molar-refractivity contribution in [1.29, 1.82) is 0 Å². The number of rotatable bonds is 4. The Kier molecular flexibility index (Phi) is 6.05. The van der Waals surface area contributed by atoms with Crippen molar-refractivity contribution in [2.75, 3.05) is 0 Å². The minimum atomic E-state index is 0.597. The quantitative estimate of drug-likeness (QED) is 0.187. The zero-order valence-corrected chi connectivity index (χ0v) is 27.9. The summed E-state index contributed by atoms with van der Waals surface area (Å²) in [6, 6.07) is 54.7. The third-order valence-corrected chi connectivity index (χ3v) is 11.1. The highest BCUT2D eigenvalue weighted by Crippen LogP contribution is 2.46. The molecule has 0 amide bonds. The molecule has 238 valence electrons. The van der Waals surface area contributed by atoms with Crippen LogP contribution in [0.25, 0.3) is 104 Å². The number of hydrogen-bond donors (Lipinski definition) is 0. The van der Waals surface area contributed by atoms with Gasteiger partial charge in [0.2, 0.25) is 0 Å². The molecule has 0 aliphatic carbocycles. The molecular weight excluding hydrogens is 645 g/mol. The molecule has 0 saturated heterocycles. The topological polar surface area (TPSA) is 56.7 Å². The average Bonchev–Trinajstić information content (AvgIpc) is 3.88. The zero-order chi connectivity index (χ0) is 33.5. The highest BCUT2D eigenvalue weighted by Gasteiger charge is 2.23. The fourth-order valence-electron chi connectivity index (χ4n) is 7.64. The predicted molar refractivity (Wildman–Crippen MR) is 211 cm³/mol. The van der Waals surface area contributed by atoms with Crippen LogP contribution in [-0.4, -0.2) is 19.5 Å². The van der Waals surface area contributed by atoms with Crippen LogP contribution >= 0.6 is 11.3 Å². The Bertz CT molecular complexity index is 3080. The van der Waals surface area contributed by atoms with Crippen molar-refractivity contribution in [3.05, 3.63) is 158 Å². The number of nitrogens with zero attached hydrogens (tertiary/aromatic N) is 4. The van der Waals surface area contributed by atoms with Crippen LogP contribution in [0.4, 0.5) is 0 Å². The lowest BCUT2D eigenvalue weighted by Crippen LogP contribution is -2.00. The highest BCUT2D eigenvalue weighted by molar-refractivity contribution is 7.26. The minimum absolute atomic E-state index is 0.597. The van der Waals surface area contributed by atoms with Gasteiger partial charge in [0, 0.05) is 53.0 Å². The van der Waals surface area contributed by atoms with Gasteiger partial charge in [-0.15, -0.1) is 11.3 Å². The van der Waals surface area contributed by atoms with Crippen molar-refractivity contribution in [2.45, 2.75) is 0 Å². The van der Waals surface area contributed by atoms with Crippen LogP contribution in [0.1, 0.15) is 0 Å². The molecule has 0 N–H and O–H groups in total. The normalized spacial score (nSPS) is 11.9. The monoisotopic (exact) mass is 670 g/mol. The average molecular weight is 671 g/mol. The van der Waals surface area contributed by atoms with Crippen LogP contribution in [0.2, 0.25) is 0 Å². The predicted octanol–water partition coefficient (Wildman–Crippen LogP) is 12.2. The number of benzene rings is 7. The molecule has 0 spiro atoms. The molecule has 0 saturated carbocycles. The molecule has 0 bridgehead atoms. The Hall–Kier alpha value is -6.63. The van der Waals surface area contributed by atoms with E-state index >= 15 is 0 Å². The van der Waals surface area contributed by atoms with Crippen LogP contribution in [0.15, 0.2) is 162 Å². The zero-order valence-electron chi connectivity index (χ0n) is 27.1. The summed E-state index contributed by atoms with van der Waals surface area (Å²) in [5.74, 6) is 1.85. The second kappa shape index (κ2) is 10.9. The standard InChI is InChI=1S/C45H26N4OS/c1-3-13-27(14-4-1)43-46-44(28-15-5-2-6-16-28)48-45(47-43)32-19-11-22-36-40(32)41-34(21-12-23-37(41)50-36)49-33-20-9-7-18-31(33)39-35(49)26-25-30-29-17-8-10-24-38(29)51-42(30)39/h1-26H. The van der Waals surface area contributed by atoms with Gasteiger partial charge in [0.15, 0.2) is 17.5 Å². The van der Waals surface area contributed by atoms with Crippen LogP contribution in [0.3, 0.4) is 0 Å². The van der Waals surface area contributed by atoms with Crippen LogP contribution in [0.5, 0.6) is 0 Å². The minimum Gasteiger partial charge on any atom is -0.456 e. The van der Waals surface area contributed by atoms with Gasteiger partial charge in [0.1, 0.15) is 11.2 Å². The van der Waals surface area contributed by atoms with Gasteiger partial charge in [0.25, 0.3) is 0 Å². The number of fused-ring (bicyclic) bond motifs is 10. The molecule has 51 heavy (non-hydrogen) atoms. The Morgan fingerprint density at radius 3 is 1.82 bits per heavy atom. The SMILES string of the molecule is c1ccc(-c2nc(-c3ccccc3)nc(-c3cccc4oc5cccc(-n6c7ccccc7c7c8sc9ccccc9c8ccc76)c5c34)n2)cc1. The highest BCUT2D eigenvalue weighted by atomic mass is 32.1. The van der Waals surface area contributed by atoms with E-state index in [-0.39, 0.29) is 0 Å². The lowest BCUT2D eigenvalue weighted by molar-refractivity contribution is 0.669. The smallest absolute Gasteiger partial charge is 0.164 e. The van der Waals surface area contributed by atoms with E-state index < -0.39 is 0 Å². The Balaban J connectivity index is 1.23. The molecule has 4 heterocycles. The second-order valence-electron chi connectivity index (χ2n) is 12.8. The van der Waals surface area contributed by atoms with Gasteiger partial charge >= 0.3 is 0 Å². The lowest BCUT2D eigenvalue weighted by atomic mass is 10.0. The summed E-state index contributed by atoms with van der Waals surface area (Å²) in [5, 5.41) is 7.08. The Morgan fingerprint density at radius 1 is 0.431 bits per heavy atom. The van der Waals surface area contributed by atoms with E-state index in [2.05, 4.69) is 89.5 Å². The fourth-order valence-corrected chi connectivity index (χ4v) is 8.90. The third-order valence-electron chi connectivity index (χ3n) is 9.86. The summed E-state index contributed by atoms with van der Waals surface area (Å²) in [6.45, 7) is 0. The molecule has 6 heteroatoms. The molecular formula is C45H26N4OS. The van der Waals surface area contributed by atoms with Crippen molar-refractivity contribution in [3.63, 3.8) is 0 Å². The van der Waals surface area contributed by atoms with E-state index in [4.69, 9.17) is 19.4 Å². The van der Waals surface area contributed by atoms with E-state index in [0.29, 0.717) is 17.5 Å². The lowest BCUT2D eigenvalue weighted by Gasteiger charge is -2.12. The molecule has 0 radical (unpaired) electrons. The Morgan fingerprint density at radius 2 is 1.06 bits per heavy atom. The third kappa shape index (κ3) is 4.24. The van der Waals surface area contributed by atoms with E-state index in [1.807, 2.05) is 84.1 Å². The van der Waals surface area contributed by atoms with Gasteiger partial charge in [-0.2, -0.15) is 0 Å². The van der Waals surface area contributed by atoms with Gasteiger partial charge in [-0.1, -0.05) is 121 Å². The summed E-state index contributed by atoms with van der Waals surface area (Å²) >= 11 is 1.87. The first-order chi connectivity index (χ1) is 25.3. The maximum absolute atomic E-state index is 6.63. The summed E-state index contributed by atoms with van der Waals surface area (Å²) in [6.07, 6.45) is 0. The first kappa shape index (κ1) is 28.2. The van der Waals surface area contributed by atoms with Crippen molar-refractivity contribution in [3.8, 4) is 39.9 Å². The van der Waals surface area contributed by atoms with Gasteiger partial charge in [-0.05, 0) is 36.4 Å². The summed E-state index contributed by atoms with van der Waals surface area (Å²) in [5.41, 5.74) is 7.70. The van der Waals surface area contributed by atoms with Crippen molar-refractivity contribution >= 4 is 75.3 Å². The van der Waals surface area contributed by atoms with E-state index in [1.54, 1.807) is 0 Å². The van der Waals surface area contributed by atoms with Gasteiger partial charge in [0.05, 0.1) is 22.1 Å². The van der Waals surface area contributed by atoms with E-state index in [9.17, 15) is 0 Å². The second-order valence-corrected chi connectivity index (χ2v) is 13.8. The van der Waals surface area contributed by atoms with Gasteiger partial charge in [-0.3, -0.25) is 0 Å². The summed E-state index contributed by atoms with van der Waals surface area (Å²) in [7, 11) is 0. The summed E-state index contributed by atoms with van der Waals surface area (Å²) in [4.78, 5) is 15.2. The van der Waals surface area contributed by atoms with Gasteiger partial charge < -0.3 is 8.98 Å². The van der Waals surface area contributed by atoms with Crippen molar-refractivity contribution in [2.24, 2.45) is 0 Å². The first-order valence-electron chi connectivity index (χ1n) is 17.0. The molecule has 11 aromatic rings. The number of thiophene rings is 1. The number of hydrogen-bond acceptors (Lipinski definition) is 5. The molecule has 0 aliphatic rings. The molecule has 0 atom stereocenters. The Labute approximate surface area is 295 Å².